The van der Waals surface area contributed by atoms with E-state index >= 15 is 0 Å². The summed E-state index contributed by atoms with van der Waals surface area (Å²) in [5.74, 6) is 0. The average molecular weight is 214 g/mol. The maximum atomic E-state index is 9.11. The van der Waals surface area contributed by atoms with Crippen LogP contribution in [-0.2, 0) is 0 Å². The van der Waals surface area contributed by atoms with Gasteiger partial charge in [-0.25, -0.2) is 0 Å². The Hall–Kier alpha value is -0.570. The number of rotatable bonds is 4. The molecule has 0 saturated heterocycles. The molecule has 0 aliphatic rings. The zero-order valence-electron chi connectivity index (χ0n) is 8.50. The molecule has 0 spiro atoms. The van der Waals surface area contributed by atoms with Crippen LogP contribution in [0.2, 0.25) is 5.02 Å². The Labute approximate surface area is 89.9 Å². The molecule has 0 unspecified atom stereocenters. The number of hydrogen-bond donors (Lipinski definition) is 2. The van der Waals surface area contributed by atoms with Crippen molar-refractivity contribution in [2.75, 3.05) is 6.54 Å². The van der Waals surface area contributed by atoms with Crippen molar-refractivity contribution < 1.29 is 5.11 Å². The number of hydrogen-bond acceptors (Lipinski definition) is 2. The molecule has 0 bridgehead atoms. The lowest BCUT2D eigenvalue weighted by atomic mass is 10.1. The highest BCUT2D eigenvalue weighted by Gasteiger charge is 2.05. The average Bonchev–Trinajstić information content (AvgIpc) is 2.14. The summed E-state index contributed by atoms with van der Waals surface area (Å²) in [6.45, 7) is 4.40. The topological polar surface area (TPSA) is 32.3 Å². The van der Waals surface area contributed by atoms with Crippen molar-refractivity contribution in [1.29, 1.82) is 0 Å². The van der Waals surface area contributed by atoms with Crippen LogP contribution in [0.3, 0.4) is 0 Å². The summed E-state index contributed by atoms with van der Waals surface area (Å²) >= 11 is 5.87. The molecule has 0 saturated carbocycles. The van der Waals surface area contributed by atoms with Crippen molar-refractivity contribution in [3.05, 3.63) is 34.9 Å². The molecule has 0 amide bonds. The maximum Gasteiger partial charge on any atom is 0.0636 e. The third-order valence-corrected chi connectivity index (χ3v) is 2.30. The first-order valence-electron chi connectivity index (χ1n) is 4.76. The van der Waals surface area contributed by atoms with Crippen LogP contribution in [0, 0.1) is 0 Å². The first kappa shape index (κ1) is 11.5. The minimum atomic E-state index is -0.323. The van der Waals surface area contributed by atoms with E-state index in [2.05, 4.69) is 5.32 Å². The van der Waals surface area contributed by atoms with Crippen LogP contribution in [0.4, 0.5) is 0 Å². The third-order valence-electron chi connectivity index (χ3n) is 2.07. The zero-order valence-corrected chi connectivity index (χ0v) is 9.25. The van der Waals surface area contributed by atoms with Gasteiger partial charge in [0.25, 0.3) is 0 Å². The van der Waals surface area contributed by atoms with Gasteiger partial charge in [-0.2, -0.15) is 0 Å². The van der Waals surface area contributed by atoms with E-state index in [1.807, 2.05) is 31.2 Å². The Bertz CT molecular complexity index is 288. The number of halogens is 1. The van der Waals surface area contributed by atoms with Crippen molar-refractivity contribution in [1.82, 2.24) is 5.32 Å². The molecule has 0 aliphatic heterocycles. The molecule has 0 aromatic heterocycles. The fraction of sp³-hybridized carbons (Fsp3) is 0.455. The second kappa shape index (κ2) is 5.35. The summed E-state index contributed by atoms with van der Waals surface area (Å²) in [4.78, 5) is 0. The standard InChI is InChI=1S/C11H16ClNO/c1-8(14)7-13-9(2)10-4-3-5-11(12)6-10/h3-6,8-9,13-14H,7H2,1-2H3/t8-,9-/m1/s1. The van der Waals surface area contributed by atoms with Gasteiger partial charge in [0.2, 0.25) is 0 Å². The van der Waals surface area contributed by atoms with Crippen molar-refractivity contribution >= 4 is 11.6 Å². The van der Waals surface area contributed by atoms with Crippen LogP contribution in [0.15, 0.2) is 24.3 Å². The molecule has 0 radical (unpaired) electrons. The molecule has 0 fully saturated rings. The molecule has 1 aromatic rings. The van der Waals surface area contributed by atoms with E-state index in [0.29, 0.717) is 6.54 Å². The van der Waals surface area contributed by atoms with Gasteiger partial charge in [0.1, 0.15) is 0 Å². The van der Waals surface area contributed by atoms with Crippen molar-refractivity contribution in [2.24, 2.45) is 0 Å². The molecule has 3 heteroatoms. The van der Waals surface area contributed by atoms with E-state index in [1.165, 1.54) is 0 Å². The van der Waals surface area contributed by atoms with Gasteiger partial charge in [-0.3, -0.25) is 0 Å². The summed E-state index contributed by atoms with van der Waals surface area (Å²) < 4.78 is 0. The van der Waals surface area contributed by atoms with Gasteiger partial charge in [0.15, 0.2) is 0 Å². The number of aliphatic hydroxyl groups is 1. The molecular weight excluding hydrogens is 198 g/mol. The predicted molar refractivity (Wildman–Crippen MR) is 59.6 cm³/mol. The normalized spacial score (nSPS) is 15.1. The van der Waals surface area contributed by atoms with Gasteiger partial charge < -0.3 is 10.4 Å². The van der Waals surface area contributed by atoms with E-state index in [4.69, 9.17) is 16.7 Å². The molecule has 14 heavy (non-hydrogen) atoms. The predicted octanol–water partition coefficient (Wildman–Crippen LogP) is 2.37. The van der Waals surface area contributed by atoms with Crippen LogP contribution in [-0.4, -0.2) is 17.8 Å². The van der Waals surface area contributed by atoms with Crippen LogP contribution in [0.5, 0.6) is 0 Å². The van der Waals surface area contributed by atoms with Crippen molar-refractivity contribution in [3.63, 3.8) is 0 Å². The quantitative estimate of drug-likeness (QED) is 0.805. The van der Waals surface area contributed by atoms with Gasteiger partial charge in [0, 0.05) is 17.6 Å². The molecule has 1 aromatic carbocycles. The van der Waals surface area contributed by atoms with Crippen LogP contribution < -0.4 is 5.32 Å². The summed E-state index contributed by atoms with van der Waals surface area (Å²) in [5, 5.41) is 13.1. The fourth-order valence-electron chi connectivity index (χ4n) is 1.24. The van der Waals surface area contributed by atoms with E-state index in [1.54, 1.807) is 6.92 Å². The lowest BCUT2D eigenvalue weighted by Gasteiger charge is -2.15. The van der Waals surface area contributed by atoms with Gasteiger partial charge >= 0.3 is 0 Å². The van der Waals surface area contributed by atoms with Gasteiger partial charge in [0.05, 0.1) is 6.10 Å². The van der Waals surface area contributed by atoms with Crippen molar-refractivity contribution in [2.45, 2.75) is 26.0 Å². The monoisotopic (exact) mass is 213 g/mol. The Balaban J connectivity index is 2.56. The second-order valence-corrected chi connectivity index (χ2v) is 3.97. The summed E-state index contributed by atoms with van der Waals surface area (Å²) in [6.07, 6.45) is -0.323. The summed E-state index contributed by atoms with van der Waals surface area (Å²) in [7, 11) is 0. The molecule has 2 atom stereocenters. The van der Waals surface area contributed by atoms with E-state index < -0.39 is 0 Å². The second-order valence-electron chi connectivity index (χ2n) is 3.53. The van der Waals surface area contributed by atoms with Gasteiger partial charge in [-0.15, -0.1) is 0 Å². The highest BCUT2D eigenvalue weighted by Crippen LogP contribution is 2.16. The van der Waals surface area contributed by atoms with Crippen LogP contribution in [0.25, 0.3) is 0 Å². The van der Waals surface area contributed by atoms with E-state index in [-0.39, 0.29) is 12.1 Å². The zero-order chi connectivity index (χ0) is 10.6. The Kier molecular flexibility index (Phi) is 4.39. The summed E-state index contributed by atoms with van der Waals surface area (Å²) in [5.41, 5.74) is 1.14. The maximum absolute atomic E-state index is 9.11. The number of benzene rings is 1. The van der Waals surface area contributed by atoms with Crippen molar-refractivity contribution in [3.8, 4) is 0 Å². The molecule has 2 nitrogen and oxygen atoms in total. The highest BCUT2D eigenvalue weighted by molar-refractivity contribution is 6.30. The molecule has 0 heterocycles. The smallest absolute Gasteiger partial charge is 0.0636 e. The first-order chi connectivity index (χ1) is 6.59. The van der Waals surface area contributed by atoms with Gasteiger partial charge in [-0.1, -0.05) is 23.7 Å². The minimum absolute atomic E-state index is 0.211. The van der Waals surface area contributed by atoms with Crippen LogP contribution >= 0.6 is 11.6 Å². The highest BCUT2D eigenvalue weighted by atomic mass is 35.5. The number of nitrogens with one attached hydrogen (secondary N) is 1. The molecule has 2 N–H and O–H groups in total. The first-order valence-corrected chi connectivity index (χ1v) is 5.14. The summed E-state index contributed by atoms with van der Waals surface area (Å²) in [6, 6.07) is 7.95. The SMILES string of the molecule is C[C@@H](O)CN[C@H](C)c1cccc(Cl)c1. The minimum Gasteiger partial charge on any atom is -0.392 e. The molecule has 1 rings (SSSR count). The lowest BCUT2D eigenvalue weighted by molar-refractivity contribution is 0.187. The molecule has 0 aliphatic carbocycles. The largest absolute Gasteiger partial charge is 0.392 e. The van der Waals surface area contributed by atoms with Crippen LogP contribution in [0.1, 0.15) is 25.5 Å². The Morgan fingerprint density at radius 1 is 1.43 bits per heavy atom. The third kappa shape index (κ3) is 3.66. The molecule has 78 valence electrons. The van der Waals surface area contributed by atoms with Gasteiger partial charge in [-0.05, 0) is 31.5 Å². The fourth-order valence-corrected chi connectivity index (χ4v) is 1.44. The van der Waals surface area contributed by atoms with E-state index in [0.717, 1.165) is 10.6 Å². The van der Waals surface area contributed by atoms with E-state index in [9.17, 15) is 0 Å². The lowest BCUT2D eigenvalue weighted by Crippen LogP contribution is -2.27. The Morgan fingerprint density at radius 2 is 2.14 bits per heavy atom. The Morgan fingerprint density at radius 3 is 2.71 bits per heavy atom. The number of aliphatic hydroxyl groups excluding tert-OH is 1. The molecular formula is C11H16ClNO.